The molecular formula is C8H21N2O2+. The highest BCUT2D eigenvalue weighted by molar-refractivity contribution is 4.47. The summed E-state index contributed by atoms with van der Waals surface area (Å²) in [6.07, 6.45) is -0.340. The lowest BCUT2D eigenvalue weighted by molar-refractivity contribution is -0.911. The predicted octanol–water partition coefficient (Wildman–Crippen LogP) is -1.24. The summed E-state index contributed by atoms with van der Waals surface area (Å²) in [6.45, 7) is 4.59. The molecule has 0 bridgehead atoms. The molecule has 0 saturated carbocycles. The van der Waals surface area contributed by atoms with Crippen molar-refractivity contribution in [2.75, 3.05) is 39.8 Å². The molecule has 0 aromatic heterocycles. The van der Waals surface area contributed by atoms with E-state index in [4.69, 9.17) is 10.8 Å². The molecule has 4 heteroatoms. The summed E-state index contributed by atoms with van der Waals surface area (Å²) in [5, 5.41) is 18.0. The van der Waals surface area contributed by atoms with E-state index in [1.165, 1.54) is 0 Å². The Bertz CT molecular complexity index is 112. The molecular weight excluding hydrogens is 156 g/mol. The fraction of sp³-hybridized carbons (Fsp3) is 1.00. The molecule has 74 valence electrons. The van der Waals surface area contributed by atoms with Gasteiger partial charge in [0.1, 0.15) is 19.2 Å². The van der Waals surface area contributed by atoms with E-state index in [0.29, 0.717) is 24.1 Å². The van der Waals surface area contributed by atoms with Crippen LogP contribution in [0.25, 0.3) is 0 Å². The van der Waals surface area contributed by atoms with Gasteiger partial charge in [-0.2, -0.15) is 0 Å². The fourth-order valence-corrected chi connectivity index (χ4v) is 1.49. The molecule has 4 nitrogen and oxygen atoms in total. The van der Waals surface area contributed by atoms with Gasteiger partial charge < -0.3 is 20.4 Å². The zero-order valence-electron chi connectivity index (χ0n) is 8.03. The smallest absolute Gasteiger partial charge is 0.105 e. The highest BCUT2D eigenvalue weighted by Crippen LogP contribution is 2.02. The summed E-state index contributed by atoms with van der Waals surface area (Å²) in [7, 11) is 2.00. The van der Waals surface area contributed by atoms with Gasteiger partial charge in [-0.05, 0) is 6.92 Å². The van der Waals surface area contributed by atoms with Gasteiger partial charge in [0.15, 0.2) is 0 Å². The van der Waals surface area contributed by atoms with E-state index in [9.17, 15) is 5.11 Å². The first-order valence-electron chi connectivity index (χ1n) is 4.36. The van der Waals surface area contributed by atoms with Gasteiger partial charge in [0.05, 0.1) is 20.2 Å². The van der Waals surface area contributed by atoms with Crippen LogP contribution >= 0.6 is 0 Å². The second kappa shape index (κ2) is 5.48. The van der Waals surface area contributed by atoms with Gasteiger partial charge in [-0.25, -0.2) is 0 Å². The van der Waals surface area contributed by atoms with Crippen LogP contribution in [0.15, 0.2) is 0 Å². The largest absolute Gasteiger partial charge is 0.391 e. The Kier molecular flexibility index (Phi) is 5.41. The van der Waals surface area contributed by atoms with Gasteiger partial charge in [0, 0.05) is 6.54 Å². The van der Waals surface area contributed by atoms with Crippen LogP contribution in [0.1, 0.15) is 6.92 Å². The molecule has 0 aromatic carbocycles. The van der Waals surface area contributed by atoms with Crippen LogP contribution < -0.4 is 5.73 Å². The van der Waals surface area contributed by atoms with Crippen LogP contribution in [0, 0.1) is 0 Å². The topological polar surface area (TPSA) is 66.5 Å². The second-order valence-corrected chi connectivity index (χ2v) is 3.61. The van der Waals surface area contributed by atoms with E-state index in [1.54, 1.807) is 6.92 Å². The third-order valence-electron chi connectivity index (χ3n) is 2.01. The van der Waals surface area contributed by atoms with Gasteiger partial charge in [0.2, 0.25) is 0 Å². The standard InChI is InChI=1S/C8H21N2O2/c1-8(12)7-10(2,4-3-9)5-6-11/h8,11-12H,3-7,9H2,1-2H3/q+1. The van der Waals surface area contributed by atoms with Crippen molar-refractivity contribution in [2.45, 2.75) is 13.0 Å². The van der Waals surface area contributed by atoms with E-state index in [-0.39, 0.29) is 12.7 Å². The molecule has 0 aliphatic heterocycles. The Labute approximate surface area is 74.2 Å². The number of nitrogens with zero attached hydrogens (tertiary/aromatic N) is 1. The van der Waals surface area contributed by atoms with Crippen molar-refractivity contribution < 1.29 is 14.7 Å². The lowest BCUT2D eigenvalue weighted by atomic mass is 10.3. The monoisotopic (exact) mass is 177 g/mol. The molecule has 0 aromatic rings. The maximum absolute atomic E-state index is 9.20. The van der Waals surface area contributed by atoms with E-state index in [0.717, 1.165) is 6.54 Å². The lowest BCUT2D eigenvalue weighted by Gasteiger charge is -2.34. The molecule has 0 fully saturated rings. The number of quaternary nitrogens is 1. The van der Waals surface area contributed by atoms with Crippen molar-refractivity contribution >= 4 is 0 Å². The van der Waals surface area contributed by atoms with E-state index >= 15 is 0 Å². The van der Waals surface area contributed by atoms with Crippen LogP contribution in [0.2, 0.25) is 0 Å². The van der Waals surface area contributed by atoms with Crippen molar-refractivity contribution in [1.29, 1.82) is 0 Å². The summed E-state index contributed by atoms with van der Waals surface area (Å²) in [5.41, 5.74) is 5.44. The van der Waals surface area contributed by atoms with Crippen molar-refractivity contribution in [3.8, 4) is 0 Å². The number of hydrogen-bond acceptors (Lipinski definition) is 3. The minimum Gasteiger partial charge on any atom is -0.391 e. The fourth-order valence-electron chi connectivity index (χ4n) is 1.49. The number of aliphatic hydroxyl groups excluding tert-OH is 2. The van der Waals surface area contributed by atoms with E-state index in [2.05, 4.69) is 0 Å². The lowest BCUT2D eigenvalue weighted by Crippen LogP contribution is -2.52. The van der Waals surface area contributed by atoms with Gasteiger partial charge in [-0.1, -0.05) is 0 Å². The van der Waals surface area contributed by atoms with Crippen LogP contribution in [0.5, 0.6) is 0 Å². The van der Waals surface area contributed by atoms with Crippen LogP contribution in [0.3, 0.4) is 0 Å². The maximum Gasteiger partial charge on any atom is 0.105 e. The minimum absolute atomic E-state index is 0.142. The molecule has 2 unspecified atom stereocenters. The highest BCUT2D eigenvalue weighted by Gasteiger charge is 2.21. The first kappa shape index (κ1) is 11.8. The Morgan fingerprint density at radius 1 is 1.42 bits per heavy atom. The molecule has 12 heavy (non-hydrogen) atoms. The summed E-state index contributed by atoms with van der Waals surface area (Å²) >= 11 is 0. The quantitative estimate of drug-likeness (QED) is 0.445. The molecule has 0 spiro atoms. The molecule has 0 saturated heterocycles. The number of rotatable bonds is 6. The summed E-state index contributed by atoms with van der Waals surface area (Å²) < 4.78 is 0.644. The number of nitrogens with two attached hydrogens (primary N) is 1. The third kappa shape index (κ3) is 4.66. The molecule has 0 aliphatic carbocycles. The van der Waals surface area contributed by atoms with Crippen LogP contribution in [-0.2, 0) is 0 Å². The van der Waals surface area contributed by atoms with Crippen molar-refractivity contribution in [3.63, 3.8) is 0 Å². The van der Waals surface area contributed by atoms with E-state index in [1.807, 2.05) is 7.05 Å². The Morgan fingerprint density at radius 2 is 2.00 bits per heavy atom. The summed E-state index contributed by atoms with van der Waals surface area (Å²) in [6, 6.07) is 0. The molecule has 0 rings (SSSR count). The van der Waals surface area contributed by atoms with Crippen molar-refractivity contribution in [1.82, 2.24) is 0 Å². The molecule has 0 aliphatic rings. The first-order chi connectivity index (χ1) is 5.54. The minimum atomic E-state index is -0.340. The number of aliphatic hydroxyl groups is 2. The zero-order chi connectivity index (χ0) is 9.61. The summed E-state index contributed by atoms with van der Waals surface area (Å²) in [4.78, 5) is 0. The average molecular weight is 177 g/mol. The predicted molar refractivity (Wildman–Crippen MR) is 48.6 cm³/mol. The highest BCUT2D eigenvalue weighted by atomic mass is 16.3. The third-order valence-corrected chi connectivity index (χ3v) is 2.01. The molecule has 4 N–H and O–H groups in total. The first-order valence-corrected chi connectivity index (χ1v) is 4.36. The average Bonchev–Trinajstić information content (AvgIpc) is 1.85. The number of hydrogen-bond donors (Lipinski definition) is 3. The van der Waals surface area contributed by atoms with Crippen molar-refractivity contribution in [2.24, 2.45) is 5.73 Å². The van der Waals surface area contributed by atoms with Crippen LogP contribution in [-0.4, -0.2) is 60.6 Å². The van der Waals surface area contributed by atoms with Crippen molar-refractivity contribution in [3.05, 3.63) is 0 Å². The molecule has 0 amide bonds. The van der Waals surface area contributed by atoms with Crippen LogP contribution in [0.4, 0.5) is 0 Å². The normalized spacial score (nSPS) is 18.8. The van der Waals surface area contributed by atoms with Gasteiger partial charge in [0.25, 0.3) is 0 Å². The molecule has 0 heterocycles. The van der Waals surface area contributed by atoms with Gasteiger partial charge in [-0.15, -0.1) is 0 Å². The SMILES string of the molecule is CC(O)C[N+](C)(CCN)CCO. The second-order valence-electron chi connectivity index (χ2n) is 3.61. The number of likely N-dealkylation sites (N-methyl/N-ethyl adjacent to an activating group) is 1. The Balaban J connectivity index is 3.98. The van der Waals surface area contributed by atoms with Gasteiger partial charge in [-0.3, -0.25) is 0 Å². The zero-order valence-corrected chi connectivity index (χ0v) is 8.03. The maximum atomic E-state index is 9.20. The van der Waals surface area contributed by atoms with Gasteiger partial charge >= 0.3 is 0 Å². The molecule has 2 atom stereocenters. The summed E-state index contributed by atoms with van der Waals surface area (Å²) in [5.74, 6) is 0. The Hall–Kier alpha value is -0.160. The molecule has 0 radical (unpaired) electrons. The van der Waals surface area contributed by atoms with E-state index < -0.39 is 0 Å². The Morgan fingerprint density at radius 3 is 2.33 bits per heavy atom.